The monoisotopic (exact) mass is 242 g/mol. The number of alkyl halides is 2. The number of carbonyl (C=O) groups is 1. The first-order valence-corrected chi connectivity index (χ1v) is 4.44. The number of hydrogen-bond donors (Lipinski definition) is 2. The molecular weight excluding hydrogens is 234 g/mol. The first-order valence-electron chi connectivity index (χ1n) is 4.44. The van der Waals surface area contributed by atoms with Crippen LogP contribution in [0.2, 0.25) is 0 Å². The van der Waals surface area contributed by atoms with Crippen LogP contribution in [0.5, 0.6) is 5.75 Å². The lowest BCUT2D eigenvalue weighted by atomic mass is 10.0. The molecule has 0 fully saturated rings. The van der Waals surface area contributed by atoms with Gasteiger partial charge in [-0.3, -0.25) is 0 Å². The third-order valence-corrected chi connectivity index (χ3v) is 1.99. The normalized spacial score (nSPS) is 10.1. The van der Waals surface area contributed by atoms with Gasteiger partial charge in [0.2, 0.25) is 0 Å². The average Bonchev–Trinajstić information content (AvgIpc) is 2.27. The topological polar surface area (TPSA) is 96.3 Å². The van der Waals surface area contributed by atoms with Gasteiger partial charge in [0, 0.05) is 6.54 Å². The van der Waals surface area contributed by atoms with Crippen LogP contribution in [0.1, 0.15) is 21.5 Å². The molecule has 17 heavy (non-hydrogen) atoms. The second-order valence-corrected chi connectivity index (χ2v) is 3.01. The van der Waals surface area contributed by atoms with Crippen molar-refractivity contribution in [2.75, 3.05) is 0 Å². The molecule has 1 aromatic rings. The van der Waals surface area contributed by atoms with Crippen LogP contribution in [0.15, 0.2) is 12.1 Å². The number of carboxylic acids is 1. The van der Waals surface area contributed by atoms with Gasteiger partial charge in [0.1, 0.15) is 11.8 Å². The van der Waals surface area contributed by atoms with E-state index in [4.69, 9.17) is 16.1 Å². The summed E-state index contributed by atoms with van der Waals surface area (Å²) in [6, 6.07) is 3.63. The van der Waals surface area contributed by atoms with E-state index < -0.39 is 18.3 Å². The summed E-state index contributed by atoms with van der Waals surface area (Å²) in [4.78, 5) is 10.8. The Balaban J connectivity index is 3.35. The molecule has 0 heterocycles. The van der Waals surface area contributed by atoms with Crippen LogP contribution in [0.3, 0.4) is 0 Å². The lowest BCUT2D eigenvalue weighted by Crippen LogP contribution is -2.10. The molecule has 0 aliphatic carbocycles. The molecule has 0 aromatic heterocycles. The molecule has 7 heteroatoms. The summed E-state index contributed by atoms with van der Waals surface area (Å²) in [6.07, 6.45) is 0. The predicted octanol–water partition coefficient (Wildman–Crippen LogP) is 1.32. The van der Waals surface area contributed by atoms with Gasteiger partial charge in [-0.2, -0.15) is 14.0 Å². The van der Waals surface area contributed by atoms with Gasteiger partial charge in [-0.25, -0.2) is 4.79 Å². The van der Waals surface area contributed by atoms with E-state index in [0.717, 1.165) is 12.1 Å². The number of carboxylic acid groups (broad SMARTS) is 1. The molecule has 0 unspecified atom stereocenters. The standard InChI is InChI=1S/C10H8F2N2O3/c11-10(12)17-8-2-7(9(15)16)5(3-13)1-6(8)4-14/h1-2,10H,3,13H2,(H,15,16). The molecule has 5 nitrogen and oxygen atoms in total. The average molecular weight is 242 g/mol. The van der Waals surface area contributed by atoms with Crippen molar-refractivity contribution >= 4 is 5.97 Å². The van der Waals surface area contributed by atoms with Crippen LogP contribution in [0, 0.1) is 11.3 Å². The third-order valence-electron chi connectivity index (χ3n) is 1.99. The van der Waals surface area contributed by atoms with Crippen LogP contribution >= 0.6 is 0 Å². The van der Waals surface area contributed by atoms with Crippen LogP contribution in [-0.4, -0.2) is 17.7 Å². The van der Waals surface area contributed by atoms with E-state index in [2.05, 4.69) is 4.74 Å². The molecule has 0 bridgehead atoms. The van der Waals surface area contributed by atoms with Gasteiger partial charge in [-0.15, -0.1) is 0 Å². The van der Waals surface area contributed by atoms with E-state index in [1.165, 1.54) is 0 Å². The minimum atomic E-state index is -3.13. The molecular formula is C10H8F2N2O3. The van der Waals surface area contributed by atoms with Crippen molar-refractivity contribution in [3.8, 4) is 11.8 Å². The quantitative estimate of drug-likeness (QED) is 0.829. The number of halogens is 2. The number of benzene rings is 1. The van der Waals surface area contributed by atoms with Gasteiger partial charge in [0.15, 0.2) is 0 Å². The van der Waals surface area contributed by atoms with Crippen molar-refractivity contribution in [2.24, 2.45) is 5.73 Å². The summed E-state index contributed by atoms with van der Waals surface area (Å²) < 4.78 is 28.2. The number of nitriles is 1. The molecule has 0 saturated carbocycles. The van der Waals surface area contributed by atoms with Crippen molar-refractivity contribution in [2.45, 2.75) is 13.2 Å². The van der Waals surface area contributed by atoms with Gasteiger partial charge < -0.3 is 15.6 Å². The number of nitrogens with two attached hydrogens (primary N) is 1. The van der Waals surface area contributed by atoms with Crippen LogP contribution in [-0.2, 0) is 6.54 Å². The highest BCUT2D eigenvalue weighted by Crippen LogP contribution is 2.25. The Bertz CT molecular complexity index is 483. The summed E-state index contributed by atoms with van der Waals surface area (Å²) in [7, 11) is 0. The number of nitrogens with zero attached hydrogens (tertiary/aromatic N) is 1. The minimum absolute atomic E-state index is 0.120. The van der Waals surface area contributed by atoms with E-state index in [-0.39, 0.29) is 23.2 Å². The fourth-order valence-electron chi connectivity index (χ4n) is 1.27. The third kappa shape index (κ3) is 2.89. The maximum absolute atomic E-state index is 12.0. The molecule has 0 saturated heterocycles. The molecule has 1 aromatic carbocycles. The van der Waals surface area contributed by atoms with E-state index in [1.54, 1.807) is 6.07 Å². The maximum Gasteiger partial charge on any atom is 0.387 e. The summed E-state index contributed by atoms with van der Waals surface area (Å²) in [5, 5.41) is 17.6. The number of ether oxygens (including phenoxy) is 1. The van der Waals surface area contributed by atoms with Gasteiger partial charge in [0.05, 0.1) is 11.1 Å². The summed E-state index contributed by atoms with van der Waals surface area (Å²) >= 11 is 0. The highest BCUT2D eigenvalue weighted by Gasteiger charge is 2.17. The Hall–Kier alpha value is -2.20. The fraction of sp³-hybridized carbons (Fsp3) is 0.200. The molecule has 0 aliphatic rings. The van der Waals surface area contributed by atoms with E-state index in [9.17, 15) is 13.6 Å². The van der Waals surface area contributed by atoms with Gasteiger partial charge >= 0.3 is 12.6 Å². The first-order chi connectivity index (χ1) is 7.99. The molecule has 90 valence electrons. The van der Waals surface area contributed by atoms with Crippen molar-refractivity contribution < 1.29 is 23.4 Å². The lowest BCUT2D eigenvalue weighted by molar-refractivity contribution is -0.0501. The second-order valence-electron chi connectivity index (χ2n) is 3.01. The molecule has 0 aliphatic heterocycles. The second kappa shape index (κ2) is 5.23. The Morgan fingerprint density at radius 1 is 1.59 bits per heavy atom. The van der Waals surface area contributed by atoms with Crippen molar-refractivity contribution in [1.29, 1.82) is 5.26 Å². The zero-order valence-electron chi connectivity index (χ0n) is 8.48. The highest BCUT2D eigenvalue weighted by molar-refractivity contribution is 5.90. The minimum Gasteiger partial charge on any atom is -0.478 e. The number of rotatable bonds is 4. The summed E-state index contributed by atoms with van der Waals surface area (Å²) in [5.41, 5.74) is 5.03. The Labute approximate surface area is 95.0 Å². The fourth-order valence-corrected chi connectivity index (χ4v) is 1.27. The van der Waals surface area contributed by atoms with Crippen LogP contribution in [0.25, 0.3) is 0 Å². The number of aromatic carboxylic acids is 1. The van der Waals surface area contributed by atoms with Crippen molar-refractivity contribution in [3.05, 3.63) is 28.8 Å². The van der Waals surface area contributed by atoms with E-state index in [0.29, 0.717) is 0 Å². The van der Waals surface area contributed by atoms with E-state index >= 15 is 0 Å². The summed E-state index contributed by atoms with van der Waals surface area (Å²) in [6.45, 7) is -3.25. The first kappa shape index (κ1) is 12.9. The van der Waals surface area contributed by atoms with Gasteiger partial charge in [-0.05, 0) is 17.7 Å². The largest absolute Gasteiger partial charge is 0.478 e. The molecule has 3 N–H and O–H groups in total. The highest BCUT2D eigenvalue weighted by atomic mass is 19.3. The summed E-state index contributed by atoms with van der Waals surface area (Å²) in [5.74, 6) is -1.80. The lowest BCUT2D eigenvalue weighted by Gasteiger charge is -2.10. The van der Waals surface area contributed by atoms with Crippen molar-refractivity contribution in [3.63, 3.8) is 0 Å². The molecule has 0 amide bonds. The van der Waals surface area contributed by atoms with Gasteiger partial charge in [0.25, 0.3) is 0 Å². The zero-order chi connectivity index (χ0) is 13.0. The SMILES string of the molecule is N#Cc1cc(CN)c(C(=O)O)cc1OC(F)F. The Kier molecular flexibility index (Phi) is 3.96. The molecule has 1 rings (SSSR count). The predicted molar refractivity (Wildman–Crippen MR) is 52.6 cm³/mol. The van der Waals surface area contributed by atoms with Crippen molar-refractivity contribution in [1.82, 2.24) is 0 Å². The Morgan fingerprint density at radius 3 is 2.65 bits per heavy atom. The van der Waals surface area contributed by atoms with E-state index in [1.807, 2.05) is 0 Å². The zero-order valence-corrected chi connectivity index (χ0v) is 8.48. The number of hydrogen-bond acceptors (Lipinski definition) is 4. The molecule has 0 radical (unpaired) electrons. The van der Waals surface area contributed by atoms with Gasteiger partial charge in [-0.1, -0.05) is 0 Å². The maximum atomic E-state index is 12.0. The Morgan fingerprint density at radius 2 is 2.24 bits per heavy atom. The smallest absolute Gasteiger partial charge is 0.387 e. The van der Waals surface area contributed by atoms with Crippen LogP contribution < -0.4 is 10.5 Å². The molecule has 0 atom stereocenters. The van der Waals surface area contributed by atoms with Crippen LogP contribution in [0.4, 0.5) is 8.78 Å². The molecule has 0 spiro atoms.